The summed E-state index contributed by atoms with van der Waals surface area (Å²) in [5, 5.41) is 0. The molecule has 12 heteroatoms. The molecule has 0 aromatic heterocycles. The van der Waals surface area contributed by atoms with E-state index in [1.54, 1.807) is 27.4 Å². The topological polar surface area (TPSA) is 71.1 Å². The second kappa shape index (κ2) is 15.7. The highest BCUT2D eigenvalue weighted by molar-refractivity contribution is 5.64. The van der Waals surface area contributed by atoms with Crippen LogP contribution in [0.4, 0.5) is 13.2 Å². The Morgan fingerprint density at radius 1 is 0.684 bits per heavy atom. The van der Waals surface area contributed by atoms with E-state index in [0.717, 1.165) is 53.7 Å². The van der Waals surface area contributed by atoms with E-state index in [-0.39, 0.29) is 24.4 Å². The van der Waals surface area contributed by atoms with Crippen LogP contribution in [0.25, 0.3) is 0 Å². The van der Waals surface area contributed by atoms with Crippen molar-refractivity contribution in [3.8, 4) is 51.7 Å². The van der Waals surface area contributed by atoms with Crippen molar-refractivity contribution in [2.45, 2.75) is 50.7 Å². The van der Waals surface area contributed by atoms with Gasteiger partial charge in [0, 0.05) is 30.7 Å². The van der Waals surface area contributed by atoms with E-state index in [4.69, 9.17) is 28.4 Å². The van der Waals surface area contributed by atoms with Crippen molar-refractivity contribution in [2.24, 2.45) is 0 Å². The largest absolute Gasteiger partial charge is 0.573 e. The number of alkyl halides is 3. The third-order valence-electron chi connectivity index (χ3n) is 11.2. The number of halogens is 3. The van der Waals surface area contributed by atoms with Crippen LogP contribution in [0.2, 0.25) is 0 Å². The molecule has 57 heavy (non-hydrogen) atoms. The second-order valence-electron chi connectivity index (χ2n) is 14.7. The molecule has 4 aliphatic rings. The Labute approximate surface area is 330 Å². The second-order valence-corrected chi connectivity index (χ2v) is 14.7. The standard InChI is InChI=1S/C45H45F3N2O7/c1-49-17-15-30-23-38(52-4)40-25-34(30)35(49)20-27-9-12-32(13-10-27)55-39-22-28(11-14-37(39)51-3)21-36-42-31(16-18-50(36)2)24-41(53-5)43(44(42)56-40)54-26-29-7-6-8-33(19-29)57-45(46,47)48/h6-14,19,22-25,35-36H,15-18,20-21,26H2,1-5H3/t35-,36-/m0/s1. The average molecular weight is 783 g/mol. The molecule has 298 valence electrons. The highest BCUT2D eigenvalue weighted by Gasteiger charge is 2.35. The number of methoxy groups -OCH3 is 3. The van der Waals surface area contributed by atoms with Gasteiger partial charge in [-0.3, -0.25) is 9.80 Å². The van der Waals surface area contributed by atoms with Gasteiger partial charge in [0.25, 0.3) is 0 Å². The first kappa shape index (κ1) is 38.3. The first-order chi connectivity index (χ1) is 27.5. The van der Waals surface area contributed by atoms with Crippen LogP contribution < -0.4 is 33.2 Å². The SMILES string of the molecule is COc1ccc2cc1Oc1ccc(cc1)C[C@H]1c3cc(c(OC)cc3CCN1C)Oc1c(OCc3cccc(OC(F)(F)F)c3)c(OC)cc3c1[C@H](C2)N(C)CC3. The molecule has 6 bridgehead atoms. The Balaban J connectivity index is 1.31. The zero-order valence-electron chi connectivity index (χ0n) is 32.6. The van der Waals surface area contributed by atoms with E-state index in [0.29, 0.717) is 64.4 Å². The molecule has 0 radical (unpaired) electrons. The lowest BCUT2D eigenvalue weighted by Gasteiger charge is -2.37. The summed E-state index contributed by atoms with van der Waals surface area (Å²) in [5.41, 5.74) is 6.90. The molecule has 9 nitrogen and oxygen atoms in total. The Morgan fingerprint density at radius 2 is 1.35 bits per heavy atom. The molecule has 5 aromatic carbocycles. The van der Waals surface area contributed by atoms with Crippen molar-refractivity contribution in [1.29, 1.82) is 0 Å². The molecule has 4 aliphatic heterocycles. The van der Waals surface area contributed by atoms with Crippen molar-refractivity contribution in [2.75, 3.05) is 48.5 Å². The number of rotatable bonds is 7. The third kappa shape index (κ3) is 8.01. The molecule has 0 N–H and O–H groups in total. The molecule has 0 aliphatic carbocycles. The number of hydrogen-bond donors (Lipinski definition) is 0. The Bertz CT molecular complexity index is 2260. The minimum atomic E-state index is -4.83. The summed E-state index contributed by atoms with van der Waals surface area (Å²) in [6.45, 7) is 1.56. The normalized spacial score (nSPS) is 18.0. The lowest BCUT2D eigenvalue weighted by molar-refractivity contribution is -0.274. The van der Waals surface area contributed by atoms with Gasteiger partial charge in [0.15, 0.2) is 34.5 Å². The smallest absolute Gasteiger partial charge is 0.493 e. The van der Waals surface area contributed by atoms with E-state index < -0.39 is 6.36 Å². The van der Waals surface area contributed by atoms with Gasteiger partial charge in [0.05, 0.1) is 21.3 Å². The summed E-state index contributed by atoms with van der Waals surface area (Å²) in [6.07, 6.45) is -1.94. The molecule has 2 atom stereocenters. The minimum absolute atomic E-state index is 0.0458. The van der Waals surface area contributed by atoms with Crippen molar-refractivity contribution < 1.29 is 46.3 Å². The van der Waals surface area contributed by atoms with E-state index >= 15 is 0 Å². The zero-order valence-corrected chi connectivity index (χ0v) is 32.6. The summed E-state index contributed by atoms with van der Waals surface area (Å²) in [6, 6.07) is 25.9. The maximum absolute atomic E-state index is 13.1. The van der Waals surface area contributed by atoms with Crippen LogP contribution in [0.5, 0.6) is 51.7 Å². The van der Waals surface area contributed by atoms with Gasteiger partial charge in [-0.25, -0.2) is 0 Å². The first-order valence-corrected chi connectivity index (χ1v) is 18.9. The van der Waals surface area contributed by atoms with Crippen molar-refractivity contribution >= 4 is 0 Å². The number of fused-ring (bicyclic) bond motifs is 2. The Morgan fingerprint density at radius 3 is 2.09 bits per heavy atom. The summed E-state index contributed by atoms with van der Waals surface area (Å²) in [5.74, 6) is 3.89. The molecule has 0 unspecified atom stereocenters. The van der Waals surface area contributed by atoms with Crippen molar-refractivity contribution in [3.05, 3.63) is 124 Å². The van der Waals surface area contributed by atoms with Gasteiger partial charge in [0.1, 0.15) is 18.1 Å². The van der Waals surface area contributed by atoms with Crippen LogP contribution in [-0.4, -0.2) is 64.7 Å². The predicted molar refractivity (Wildman–Crippen MR) is 209 cm³/mol. The van der Waals surface area contributed by atoms with Crippen LogP contribution in [0, 0.1) is 0 Å². The van der Waals surface area contributed by atoms with Gasteiger partial charge in [-0.05, 0) is 128 Å². The fourth-order valence-corrected chi connectivity index (χ4v) is 8.21. The quantitative estimate of drug-likeness (QED) is 0.161. The summed E-state index contributed by atoms with van der Waals surface area (Å²) in [4.78, 5) is 4.65. The molecule has 9 rings (SSSR count). The maximum atomic E-state index is 13.1. The minimum Gasteiger partial charge on any atom is -0.493 e. The number of likely N-dealkylation sites (N-methyl/N-ethyl adjacent to an activating group) is 2. The number of ether oxygens (including phenoxy) is 7. The lowest BCUT2D eigenvalue weighted by atomic mass is 9.87. The van der Waals surface area contributed by atoms with E-state index in [1.807, 2.05) is 36.4 Å². The third-order valence-corrected chi connectivity index (χ3v) is 11.2. The molecule has 4 heterocycles. The fourth-order valence-electron chi connectivity index (χ4n) is 8.21. The van der Waals surface area contributed by atoms with Crippen LogP contribution in [-0.2, 0) is 32.3 Å². The molecule has 0 saturated carbocycles. The molecule has 0 fully saturated rings. The summed E-state index contributed by atoms with van der Waals surface area (Å²) >= 11 is 0. The zero-order chi connectivity index (χ0) is 39.8. The maximum Gasteiger partial charge on any atom is 0.573 e. The highest BCUT2D eigenvalue weighted by Crippen LogP contribution is 2.52. The number of hydrogen-bond acceptors (Lipinski definition) is 9. The van der Waals surface area contributed by atoms with E-state index in [2.05, 4.69) is 52.9 Å². The lowest BCUT2D eigenvalue weighted by Crippen LogP contribution is -2.34. The van der Waals surface area contributed by atoms with Gasteiger partial charge in [0.2, 0.25) is 5.75 Å². The van der Waals surface area contributed by atoms with Gasteiger partial charge < -0.3 is 33.2 Å². The van der Waals surface area contributed by atoms with Gasteiger partial charge in [-0.1, -0.05) is 30.3 Å². The molecule has 0 spiro atoms. The van der Waals surface area contributed by atoms with Crippen LogP contribution >= 0.6 is 0 Å². The highest BCUT2D eigenvalue weighted by atomic mass is 19.4. The Hall–Kier alpha value is -5.59. The first-order valence-electron chi connectivity index (χ1n) is 18.9. The Kier molecular flexibility index (Phi) is 10.6. The van der Waals surface area contributed by atoms with Crippen LogP contribution in [0.3, 0.4) is 0 Å². The monoisotopic (exact) mass is 782 g/mol. The van der Waals surface area contributed by atoms with Crippen LogP contribution in [0.1, 0.15) is 51.0 Å². The van der Waals surface area contributed by atoms with Crippen LogP contribution in [0.15, 0.2) is 84.9 Å². The average Bonchev–Trinajstić information content (AvgIpc) is 3.19. The molecule has 0 saturated heterocycles. The molecule has 0 amide bonds. The number of nitrogens with zero attached hydrogens (tertiary/aromatic N) is 2. The van der Waals surface area contributed by atoms with E-state index in [9.17, 15) is 13.2 Å². The number of benzene rings is 5. The fraction of sp³-hybridized carbons (Fsp3) is 0.333. The molecular formula is C45H45F3N2O7. The molecule has 5 aromatic rings. The van der Waals surface area contributed by atoms with Gasteiger partial charge in [-0.15, -0.1) is 13.2 Å². The van der Waals surface area contributed by atoms with Gasteiger partial charge in [-0.2, -0.15) is 0 Å². The van der Waals surface area contributed by atoms with E-state index in [1.165, 1.54) is 23.8 Å². The van der Waals surface area contributed by atoms with Crippen molar-refractivity contribution in [1.82, 2.24) is 9.80 Å². The predicted octanol–water partition coefficient (Wildman–Crippen LogP) is 9.63. The van der Waals surface area contributed by atoms with Gasteiger partial charge >= 0.3 is 6.36 Å². The summed E-state index contributed by atoms with van der Waals surface area (Å²) < 4.78 is 81.5. The summed E-state index contributed by atoms with van der Waals surface area (Å²) in [7, 11) is 9.06. The molecular weight excluding hydrogens is 737 g/mol. The van der Waals surface area contributed by atoms with Crippen molar-refractivity contribution in [3.63, 3.8) is 0 Å².